The Kier molecular flexibility index (Phi) is 4.29. The van der Waals surface area contributed by atoms with Crippen molar-refractivity contribution in [2.45, 2.75) is 4.90 Å². The van der Waals surface area contributed by atoms with Crippen LogP contribution in [-0.4, -0.2) is 27.5 Å². The Morgan fingerprint density at radius 1 is 1.14 bits per heavy atom. The SMILES string of the molecule is CN(C)c1ccccc1NS(=O)(=O)c1ccc(NN)nc1. The predicted octanol–water partition coefficient (Wildman–Crippen LogP) is 1.23. The lowest BCUT2D eigenvalue weighted by molar-refractivity contribution is 0.601. The van der Waals surface area contributed by atoms with Crippen molar-refractivity contribution in [3.63, 3.8) is 0 Å². The van der Waals surface area contributed by atoms with Crippen LogP contribution in [0.4, 0.5) is 17.2 Å². The molecule has 0 spiro atoms. The van der Waals surface area contributed by atoms with Crippen LogP contribution in [0, 0.1) is 0 Å². The van der Waals surface area contributed by atoms with E-state index in [2.05, 4.69) is 15.1 Å². The lowest BCUT2D eigenvalue weighted by Crippen LogP contribution is -2.17. The fourth-order valence-electron chi connectivity index (χ4n) is 1.78. The predicted molar refractivity (Wildman–Crippen MR) is 83.6 cm³/mol. The summed E-state index contributed by atoms with van der Waals surface area (Å²) in [6.07, 6.45) is 1.25. The summed E-state index contributed by atoms with van der Waals surface area (Å²) in [7, 11) is -0.0148. The van der Waals surface area contributed by atoms with Crippen molar-refractivity contribution in [2.24, 2.45) is 5.84 Å². The molecule has 0 aliphatic carbocycles. The van der Waals surface area contributed by atoms with Crippen LogP contribution >= 0.6 is 0 Å². The van der Waals surface area contributed by atoms with E-state index in [0.717, 1.165) is 5.69 Å². The molecule has 0 bridgehead atoms. The number of sulfonamides is 1. The Balaban J connectivity index is 2.33. The molecule has 8 heteroatoms. The second kappa shape index (κ2) is 5.98. The molecule has 0 atom stereocenters. The molecule has 0 saturated carbocycles. The number of nitrogens with one attached hydrogen (secondary N) is 2. The van der Waals surface area contributed by atoms with Crippen molar-refractivity contribution in [3.8, 4) is 0 Å². The molecule has 112 valence electrons. The molecule has 0 aliphatic heterocycles. The smallest absolute Gasteiger partial charge is 0.263 e. The van der Waals surface area contributed by atoms with Crippen molar-refractivity contribution in [2.75, 3.05) is 29.1 Å². The first kappa shape index (κ1) is 15.1. The number of benzene rings is 1. The van der Waals surface area contributed by atoms with E-state index in [9.17, 15) is 8.42 Å². The first-order chi connectivity index (χ1) is 9.94. The number of nitrogens with zero attached hydrogens (tertiary/aromatic N) is 2. The third-order valence-electron chi connectivity index (χ3n) is 2.82. The number of nitrogens with two attached hydrogens (primary N) is 1. The first-order valence-corrected chi connectivity index (χ1v) is 7.64. The van der Waals surface area contributed by atoms with Crippen LogP contribution in [-0.2, 0) is 10.0 Å². The molecule has 0 unspecified atom stereocenters. The molecule has 2 aromatic rings. The van der Waals surface area contributed by atoms with Crippen LogP contribution in [0.3, 0.4) is 0 Å². The Morgan fingerprint density at radius 3 is 2.43 bits per heavy atom. The standard InChI is InChI=1S/C13H17N5O2S/c1-18(2)12-6-4-3-5-11(12)17-21(19,20)10-7-8-13(16-14)15-9-10/h3-9,17H,14H2,1-2H3,(H,15,16). The number of hydrogen-bond acceptors (Lipinski definition) is 6. The number of hydrazine groups is 1. The van der Waals surface area contributed by atoms with Gasteiger partial charge in [0.1, 0.15) is 10.7 Å². The zero-order valence-electron chi connectivity index (χ0n) is 11.7. The van der Waals surface area contributed by atoms with Gasteiger partial charge in [0.2, 0.25) is 0 Å². The van der Waals surface area contributed by atoms with Crippen LogP contribution in [0.1, 0.15) is 0 Å². The minimum absolute atomic E-state index is 0.0649. The van der Waals surface area contributed by atoms with E-state index >= 15 is 0 Å². The molecule has 0 radical (unpaired) electrons. The Morgan fingerprint density at radius 2 is 1.86 bits per heavy atom. The zero-order chi connectivity index (χ0) is 15.5. The van der Waals surface area contributed by atoms with Gasteiger partial charge in [0.25, 0.3) is 10.0 Å². The molecule has 1 heterocycles. The maximum atomic E-state index is 12.4. The van der Waals surface area contributed by atoms with E-state index < -0.39 is 10.0 Å². The lowest BCUT2D eigenvalue weighted by atomic mass is 10.2. The number of rotatable bonds is 5. The van der Waals surface area contributed by atoms with Gasteiger partial charge in [-0.15, -0.1) is 0 Å². The van der Waals surface area contributed by atoms with Crippen molar-refractivity contribution in [1.29, 1.82) is 0 Å². The fourth-order valence-corrected chi connectivity index (χ4v) is 2.80. The molecule has 21 heavy (non-hydrogen) atoms. The highest BCUT2D eigenvalue weighted by atomic mass is 32.2. The van der Waals surface area contributed by atoms with Gasteiger partial charge in [0.05, 0.1) is 11.4 Å². The highest BCUT2D eigenvalue weighted by molar-refractivity contribution is 7.92. The second-order valence-electron chi connectivity index (χ2n) is 4.54. The van der Waals surface area contributed by atoms with Crippen LogP contribution in [0.5, 0.6) is 0 Å². The zero-order valence-corrected chi connectivity index (χ0v) is 12.6. The third kappa shape index (κ3) is 3.41. The highest BCUT2D eigenvalue weighted by Gasteiger charge is 2.16. The summed E-state index contributed by atoms with van der Waals surface area (Å²) in [4.78, 5) is 5.79. The average molecular weight is 307 g/mol. The van der Waals surface area contributed by atoms with E-state index in [-0.39, 0.29) is 4.90 Å². The Labute approximate surface area is 123 Å². The molecular formula is C13H17N5O2S. The fraction of sp³-hybridized carbons (Fsp3) is 0.154. The largest absolute Gasteiger partial charge is 0.376 e. The van der Waals surface area contributed by atoms with Crippen molar-refractivity contribution in [1.82, 2.24) is 4.98 Å². The molecule has 1 aromatic heterocycles. The van der Waals surface area contributed by atoms with Crippen LogP contribution < -0.4 is 20.9 Å². The van der Waals surface area contributed by atoms with Crippen molar-refractivity contribution in [3.05, 3.63) is 42.6 Å². The van der Waals surface area contributed by atoms with E-state index in [1.165, 1.54) is 18.3 Å². The van der Waals surface area contributed by atoms with Gasteiger partial charge in [-0.2, -0.15) is 0 Å². The number of pyridine rings is 1. The highest BCUT2D eigenvalue weighted by Crippen LogP contribution is 2.26. The summed E-state index contributed by atoms with van der Waals surface area (Å²) in [5.41, 5.74) is 3.62. The Hall–Kier alpha value is -2.32. The maximum absolute atomic E-state index is 12.4. The van der Waals surface area contributed by atoms with Gasteiger partial charge in [-0.25, -0.2) is 19.2 Å². The van der Waals surface area contributed by atoms with E-state index in [4.69, 9.17) is 5.84 Å². The lowest BCUT2D eigenvalue weighted by Gasteiger charge is -2.18. The van der Waals surface area contributed by atoms with Crippen LogP contribution in [0.25, 0.3) is 0 Å². The van der Waals surface area contributed by atoms with E-state index in [1.54, 1.807) is 12.1 Å². The van der Waals surface area contributed by atoms with Gasteiger partial charge >= 0.3 is 0 Å². The van der Waals surface area contributed by atoms with Gasteiger partial charge in [0, 0.05) is 20.3 Å². The maximum Gasteiger partial charge on any atom is 0.263 e. The normalized spacial score (nSPS) is 11.0. The first-order valence-electron chi connectivity index (χ1n) is 6.16. The summed E-state index contributed by atoms with van der Waals surface area (Å²) in [6.45, 7) is 0. The van der Waals surface area contributed by atoms with Crippen LogP contribution in [0.2, 0.25) is 0 Å². The average Bonchev–Trinajstić information content (AvgIpc) is 2.47. The molecule has 1 aromatic carbocycles. The van der Waals surface area contributed by atoms with Gasteiger partial charge in [-0.1, -0.05) is 12.1 Å². The Bertz CT molecular complexity index is 714. The molecule has 0 fully saturated rings. The number of anilines is 3. The van der Waals surface area contributed by atoms with E-state index in [0.29, 0.717) is 11.5 Å². The minimum Gasteiger partial charge on any atom is -0.376 e. The molecular weight excluding hydrogens is 290 g/mol. The van der Waals surface area contributed by atoms with Gasteiger partial charge in [0.15, 0.2) is 0 Å². The minimum atomic E-state index is -3.70. The molecule has 0 saturated heterocycles. The van der Waals surface area contributed by atoms with Crippen LogP contribution in [0.15, 0.2) is 47.5 Å². The number of nitrogen functional groups attached to an aromatic ring is 1. The number of para-hydroxylation sites is 2. The van der Waals surface area contributed by atoms with Crippen molar-refractivity contribution < 1.29 is 8.42 Å². The molecule has 0 amide bonds. The number of aromatic nitrogens is 1. The van der Waals surface area contributed by atoms with Gasteiger partial charge in [-0.3, -0.25) is 4.72 Å². The van der Waals surface area contributed by atoms with Gasteiger partial charge in [-0.05, 0) is 24.3 Å². The van der Waals surface area contributed by atoms with E-state index in [1.807, 2.05) is 31.1 Å². The summed E-state index contributed by atoms with van der Waals surface area (Å²) in [6, 6.07) is 10.1. The second-order valence-corrected chi connectivity index (χ2v) is 6.22. The quantitative estimate of drug-likeness (QED) is 0.567. The monoisotopic (exact) mass is 307 g/mol. The molecule has 7 nitrogen and oxygen atoms in total. The third-order valence-corrected chi connectivity index (χ3v) is 4.18. The molecule has 2 rings (SSSR count). The van der Waals surface area contributed by atoms with Crippen molar-refractivity contribution >= 4 is 27.2 Å². The topological polar surface area (TPSA) is 100 Å². The summed E-state index contributed by atoms with van der Waals surface area (Å²) in [5, 5.41) is 0. The summed E-state index contributed by atoms with van der Waals surface area (Å²) in [5.74, 6) is 5.59. The molecule has 4 N–H and O–H groups in total. The molecule has 0 aliphatic rings. The summed E-state index contributed by atoms with van der Waals surface area (Å²) >= 11 is 0. The van der Waals surface area contributed by atoms with Gasteiger partial charge < -0.3 is 10.3 Å². The summed E-state index contributed by atoms with van der Waals surface area (Å²) < 4.78 is 27.3. The number of hydrogen-bond donors (Lipinski definition) is 3.